The van der Waals surface area contributed by atoms with Crippen LogP contribution >= 0.6 is 15.9 Å². The highest BCUT2D eigenvalue weighted by Crippen LogP contribution is 2.30. The molecule has 0 atom stereocenters. The van der Waals surface area contributed by atoms with Gasteiger partial charge in [0.15, 0.2) is 5.78 Å². The summed E-state index contributed by atoms with van der Waals surface area (Å²) in [5.74, 6) is 0.941. The van der Waals surface area contributed by atoms with E-state index in [2.05, 4.69) is 21.0 Å². The average molecular weight is 353 g/mol. The highest BCUT2D eigenvalue weighted by atomic mass is 79.9. The van der Waals surface area contributed by atoms with E-state index in [1.165, 1.54) is 14.2 Å². The van der Waals surface area contributed by atoms with Crippen molar-refractivity contribution in [2.24, 2.45) is 7.05 Å². The van der Waals surface area contributed by atoms with Gasteiger partial charge in [-0.15, -0.1) is 0 Å². The van der Waals surface area contributed by atoms with Crippen LogP contribution in [0.4, 0.5) is 0 Å². The summed E-state index contributed by atoms with van der Waals surface area (Å²) in [6.07, 6.45) is 0.217. The Labute approximate surface area is 132 Å². The fourth-order valence-corrected chi connectivity index (χ4v) is 2.71. The molecule has 0 saturated heterocycles. The van der Waals surface area contributed by atoms with Crippen molar-refractivity contribution in [3.8, 4) is 11.5 Å². The smallest absolute Gasteiger partial charge is 0.176 e. The van der Waals surface area contributed by atoms with Crippen LogP contribution in [-0.4, -0.2) is 29.8 Å². The van der Waals surface area contributed by atoms with Crippen LogP contribution in [0, 0.1) is 6.92 Å². The summed E-state index contributed by atoms with van der Waals surface area (Å²) >= 11 is 3.48. The second-order valence-corrected chi connectivity index (χ2v) is 5.40. The minimum atomic E-state index is -0.0759. The minimum Gasteiger partial charge on any atom is -0.496 e. The standard InChI is InChI=1S/C15H17BrN2O3/c1-9-15(16)10(18(2)17-9)8-11(19)14-12(20-3)6-5-7-13(14)21-4/h5-7H,8H2,1-4H3. The molecule has 2 rings (SSSR count). The minimum absolute atomic E-state index is 0.0759. The number of nitrogens with zero attached hydrogens (tertiary/aromatic N) is 2. The van der Waals surface area contributed by atoms with Gasteiger partial charge in [-0.3, -0.25) is 9.48 Å². The van der Waals surface area contributed by atoms with Crippen LogP contribution in [-0.2, 0) is 13.5 Å². The Bertz CT molecular complexity index is 658. The topological polar surface area (TPSA) is 53.4 Å². The molecule has 21 heavy (non-hydrogen) atoms. The molecule has 1 aromatic heterocycles. The van der Waals surface area contributed by atoms with Crippen molar-refractivity contribution in [3.05, 3.63) is 39.6 Å². The highest BCUT2D eigenvalue weighted by Gasteiger charge is 2.21. The van der Waals surface area contributed by atoms with Gasteiger partial charge in [0.25, 0.3) is 0 Å². The summed E-state index contributed by atoms with van der Waals surface area (Å²) in [4.78, 5) is 12.7. The number of carbonyl (C=O) groups excluding carboxylic acids is 1. The van der Waals surface area contributed by atoms with Gasteiger partial charge in [-0.2, -0.15) is 5.10 Å². The summed E-state index contributed by atoms with van der Waals surface area (Å²) in [6, 6.07) is 5.29. The van der Waals surface area contributed by atoms with Crippen LogP contribution in [0.2, 0.25) is 0 Å². The van der Waals surface area contributed by atoms with E-state index in [9.17, 15) is 4.79 Å². The Hall–Kier alpha value is -1.82. The van der Waals surface area contributed by atoms with Crippen LogP contribution in [0.3, 0.4) is 0 Å². The number of hydrogen-bond donors (Lipinski definition) is 0. The Balaban J connectivity index is 2.41. The van der Waals surface area contributed by atoms with Gasteiger partial charge in [-0.25, -0.2) is 0 Å². The third kappa shape index (κ3) is 2.95. The first-order chi connectivity index (χ1) is 9.99. The van der Waals surface area contributed by atoms with Gasteiger partial charge in [0, 0.05) is 7.05 Å². The zero-order valence-electron chi connectivity index (χ0n) is 12.4. The van der Waals surface area contributed by atoms with Gasteiger partial charge in [-0.1, -0.05) is 6.07 Å². The zero-order chi connectivity index (χ0) is 15.6. The molecule has 6 heteroatoms. The number of ether oxygens (including phenoxy) is 2. The SMILES string of the molecule is COc1cccc(OC)c1C(=O)Cc1c(Br)c(C)nn1C. The first-order valence-corrected chi connectivity index (χ1v) is 7.21. The first-order valence-electron chi connectivity index (χ1n) is 6.41. The monoisotopic (exact) mass is 352 g/mol. The maximum absolute atomic E-state index is 12.7. The van der Waals surface area contributed by atoms with Crippen molar-refractivity contribution in [1.29, 1.82) is 0 Å². The Morgan fingerprint density at radius 3 is 2.29 bits per heavy atom. The van der Waals surface area contributed by atoms with Gasteiger partial charge in [0.1, 0.15) is 17.1 Å². The molecule has 0 amide bonds. The van der Waals surface area contributed by atoms with Crippen molar-refractivity contribution in [1.82, 2.24) is 9.78 Å². The van der Waals surface area contributed by atoms with Crippen LogP contribution in [0.15, 0.2) is 22.7 Å². The van der Waals surface area contributed by atoms with Crippen LogP contribution < -0.4 is 9.47 Å². The number of aryl methyl sites for hydroxylation is 2. The van der Waals surface area contributed by atoms with Gasteiger partial charge in [0.05, 0.1) is 36.5 Å². The van der Waals surface area contributed by atoms with E-state index in [0.29, 0.717) is 17.1 Å². The predicted molar refractivity (Wildman–Crippen MR) is 83.2 cm³/mol. The van der Waals surface area contributed by atoms with E-state index in [4.69, 9.17) is 9.47 Å². The van der Waals surface area contributed by atoms with Crippen molar-refractivity contribution in [2.45, 2.75) is 13.3 Å². The molecule has 0 aliphatic rings. The number of hydrogen-bond acceptors (Lipinski definition) is 4. The normalized spacial score (nSPS) is 10.5. The fourth-order valence-electron chi connectivity index (χ4n) is 2.24. The molecular formula is C15H17BrN2O3. The van der Waals surface area contributed by atoms with Crippen molar-refractivity contribution < 1.29 is 14.3 Å². The molecule has 0 bridgehead atoms. The average Bonchev–Trinajstić information content (AvgIpc) is 2.72. The second-order valence-electron chi connectivity index (χ2n) is 4.61. The van der Waals surface area contributed by atoms with Gasteiger partial charge in [-0.05, 0) is 35.0 Å². The molecule has 1 heterocycles. The number of methoxy groups -OCH3 is 2. The van der Waals surface area contributed by atoms with Crippen molar-refractivity contribution >= 4 is 21.7 Å². The molecule has 0 N–H and O–H groups in total. The van der Waals surface area contributed by atoms with Crippen LogP contribution in [0.25, 0.3) is 0 Å². The molecule has 0 aliphatic carbocycles. The summed E-state index contributed by atoms with van der Waals surface area (Å²) < 4.78 is 13.1. The van der Waals surface area contributed by atoms with Crippen molar-refractivity contribution in [2.75, 3.05) is 14.2 Å². The maximum Gasteiger partial charge on any atom is 0.176 e. The lowest BCUT2D eigenvalue weighted by atomic mass is 10.0. The van der Waals surface area contributed by atoms with E-state index in [1.807, 2.05) is 14.0 Å². The maximum atomic E-state index is 12.7. The number of benzene rings is 1. The number of carbonyl (C=O) groups is 1. The fraction of sp³-hybridized carbons (Fsp3) is 0.333. The zero-order valence-corrected chi connectivity index (χ0v) is 14.0. The van der Waals surface area contributed by atoms with Crippen LogP contribution in [0.5, 0.6) is 11.5 Å². The molecule has 1 aromatic carbocycles. The third-order valence-corrected chi connectivity index (χ3v) is 4.33. The quantitative estimate of drug-likeness (QED) is 0.776. The number of ketones is 1. The summed E-state index contributed by atoms with van der Waals surface area (Å²) in [7, 11) is 4.89. The molecule has 0 spiro atoms. The largest absolute Gasteiger partial charge is 0.496 e. The molecule has 2 aromatic rings. The first kappa shape index (κ1) is 15.6. The molecule has 0 saturated carbocycles. The summed E-state index contributed by atoms with van der Waals surface area (Å²) in [5.41, 5.74) is 2.13. The number of halogens is 1. The van der Waals surface area contributed by atoms with Gasteiger partial charge >= 0.3 is 0 Å². The Morgan fingerprint density at radius 1 is 1.29 bits per heavy atom. The molecule has 0 unspecified atom stereocenters. The number of Topliss-reactive ketones (excluding diaryl/α,β-unsaturated/α-hetero) is 1. The molecule has 112 valence electrons. The van der Waals surface area contributed by atoms with E-state index >= 15 is 0 Å². The molecular weight excluding hydrogens is 336 g/mol. The lowest BCUT2D eigenvalue weighted by molar-refractivity contribution is 0.0984. The molecule has 0 aliphatic heterocycles. The number of aromatic nitrogens is 2. The summed E-state index contributed by atoms with van der Waals surface area (Å²) in [6.45, 7) is 1.89. The molecule has 0 fully saturated rings. The Kier molecular flexibility index (Phi) is 4.67. The van der Waals surface area contributed by atoms with Gasteiger partial charge in [0.2, 0.25) is 0 Å². The van der Waals surface area contributed by atoms with E-state index < -0.39 is 0 Å². The highest BCUT2D eigenvalue weighted by molar-refractivity contribution is 9.10. The predicted octanol–water partition coefficient (Wildman–Crippen LogP) is 2.93. The Morgan fingerprint density at radius 2 is 1.86 bits per heavy atom. The van der Waals surface area contributed by atoms with Crippen LogP contribution in [0.1, 0.15) is 21.7 Å². The summed E-state index contributed by atoms with van der Waals surface area (Å²) in [5, 5.41) is 4.30. The van der Waals surface area contributed by atoms with E-state index in [1.54, 1.807) is 22.9 Å². The lowest BCUT2D eigenvalue weighted by Crippen LogP contribution is -2.11. The molecule has 5 nitrogen and oxygen atoms in total. The third-order valence-electron chi connectivity index (χ3n) is 3.30. The number of rotatable bonds is 5. The van der Waals surface area contributed by atoms with E-state index in [0.717, 1.165) is 15.9 Å². The second kappa shape index (κ2) is 6.30. The lowest BCUT2D eigenvalue weighted by Gasteiger charge is -2.12. The van der Waals surface area contributed by atoms with Gasteiger partial charge < -0.3 is 9.47 Å². The van der Waals surface area contributed by atoms with E-state index in [-0.39, 0.29) is 12.2 Å². The van der Waals surface area contributed by atoms with Crippen molar-refractivity contribution in [3.63, 3.8) is 0 Å². The molecule has 0 radical (unpaired) electrons.